The second-order valence-electron chi connectivity index (χ2n) is 4.01. The van der Waals surface area contributed by atoms with Crippen molar-refractivity contribution in [2.24, 2.45) is 0 Å². The van der Waals surface area contributed by atoms with Gasteiger partial charge >= 0.3 is 0 Å². The SMILES string of the molecule is CCCc1noc(-c2cnc3ccccc3n2)n1. The average Bonchev–Trinajstić information content (AvgIpc) is 2.87. The Bertz CT molecular complexity index is 677. The standard InChI is InChI=1S/C13H12N4O/c1-2-5-12-16-13(18-17-12)11-8-14-9-6-3-4-7-10(9)15-11/h3-4,6-8H,2,5H2,1H3. The Balaban J connectivity index is 2.02. The molecular weight excluding hydrogens is 228 g/mol. The van der Waals surface area contributed by atoms with Gasteiger partial charge < -0.3 is 4.52 Å². The lowest BCUT2D eigenvalue weighted by Crippen LogP contribution is -1.89. The highest BCUT2D eigenvalue weighted by Crippen LogP contribution is 2.17. The van der Waals surface area contributed by atoms with Crippen molar-refractivity contribution in [2.75, 3.05) is 0 Å². The summed E-state index contributed by atoms with van der Waals surface area (Å²) in [6, 6.07) is 7.69. The van der Waals surface area contributed by atoms with Crippen LogP contribution < -0.4 is 0 Å². The Kier molecular flexibility index (Phi) is 2.72. The Morgan fingerprint density at radius 2 is 1.94 bits per heavy atom. The predicted molar refractivity (Wildman–Crippen MR) is 66.8 cm³/mol. The van der Waals surface area contributed by atoms with Gasteiger partial charge in [-0.05, 0) is 18.6 Å². The molecule has 0 aliphatic rings. The maximum Gasteiger partial charge on any atom is 0.278 e. The van der Waals surface area contributed by atoms with Crippen LogP contribution in [0.15, 0.2) is 35.0 Å². The molecule has 0 unspecified atom stereocenters. The predicted octanol–water partition coefficient (Wildman–Crippen LogP) is 2.63. The van der Waals surface area contributed by atoms with E-state index in [-0.39, 0.29) is 0 Å². The summed E-state index contributed by atoms with van der Waals surface area (Å²) < 4.78 is 5.19. The van der Waals surface area contributed by atoms with E-state index in [2.05, 4.69) is 27.0 Å². The average molecular weight is 240 g/mol. The smallest absolute Gasteiger partial charge is 0.278 e. The van der Waals surface area contributed by atoms with Crippen molar-refractivity contribution in [3.8, 4) is 11.6 Å². The van der Waals surface area contributed by atoms with Gasteiger partial charge in [0, 0.05) is 6.42 Å². The molecule has 3 rings (SSSR count). The first-order valence-electron chi connectivity index (χ1n) is 5.91. The van der Waals surface area contributed by atoms with Crippen molar-refractivity contribution in [1.82, 2.24) is 20.1 Å². The quantitative estimate of drug-likeness (QED) is 0.704. The number of aryl methyl sites for hydroxylation is 1. The normalized spacial score (nSPS) is 10.9. The third-order valence-corrected chi connectivity index (χ3v) is 2.61. The largest absolute Gasteiger partial charge is 0.332 e. The molecular formula is C13H12N4O. The molecule has 18 heavy (non-hydrogen) atoms. The summed E-state index contributed by atoms with van der Waals surface area (Å²) in [6.45, 7) is 2.08. The molecule has 0 saturated carbocycles. The van der Waals surface area contributed by atoms with E-state index in [9.17, 15) is 0 Å². The molecule has 90 valence electrons. The number of aromatic nitrogens is 4. The van der Waals surface area contributed by atoms with Gasteiger partial charge in [-0.3, -0.25) is 4.98 Å². The molecule has 0 saturated heterocycles. The zero-order valence-electron chi connectivity index (χ0n) is 10.00. The third-order valence-electron chi connectivity index (χ3n) is 2.61. The van der Waals surface area contributed by atoms with Gasteiger partial charge in [0.1, 0.15) is 5.69 Å². The zero-order valence-corrected chi connectivity index (χ0v) is 10.00. The number of hydrogen-bond donors (Lipinski definition) is 0. The molecule has 0 N–H and O–H groups in total. The lowest BCUT2D eigenvalue weighted by molar-refractivity contribution is 0.421. The number of benzene rings is 1. The summed E-state index contributed by atoms with van der Waals surface area (Å²) in [5.74, 6) is 1.14. The molecule has 0 aliphatic heterocycles. The first-order valence-corrected chi connectivity index (χ1v) is 5.91. The molecule has 0 radical (unpaired) electrons. The van der Waals surface area contributed by atoms with Crippen LogP contribution >= 0.6 is 0 Å². The fraction of sp³-hybridized carbons (Fsp3) is 0.231. The van der Waals surface area contributed by atoms with Crippen LogP contribution in [0.25, 0.3) is 22.6 Å². The van der Waals surface area contributed by atoms with E-state index in [0.29, 0.717) is 17.4 Å². The fourth-order valence-electron chi connectivity index (χ4n) is 1.74. The minimum Gasteiger partial charge on any atom is -0.332 e. The lowest BCUT2D eigenvalue weighted by atomic mass is 10.3. The molecule has 5 nitrogen and oxygen atoms in total. The van der Waals surface area contributed by atoms with Crippen molar-refractivity contribution in [2.45, 2.75) is 19.8 Å². The Morgan fingerprint density at radius 1 is 1.11 bits per heavy atom. The third kappa shape index (κ3) is 1.95. The van der Waals surface area contributed by atoms with E-state index in [1.165, 1.54) is 0 Å². The van der Waals surface area contributed by atoms with Gasteiger partial charge in [0.25, 0.3) is 5.89 Å². The van der Waals surface area contributed by atoms with Crippen molar-refractivity contribution < 1.29 is 4.52 Å². The maximum atomic E-state index is 5.19. The van der Waals surface area contributed by atoms with Crippen LogP contribution in [0.3, 0.4) is 0 Å². The maximum absolute atomic E-state index is 5.19. The summed E-state index contributed by atoms with van der Waals surface area (Å²) in [6.07, 6.45) is 3.46. The van der Waals surface area contributed by atoms with Gasteiger partial charge in [-0.2, -0.15) is 4.98 Å². The van der Waals surface area contributed by atoms with Gasteiger partial charge in [-0.1, -0.05) is 24.2 Å². The van der Waals surface area contributed by atoms with Crippen molar-refractivity contribution >= 4 is 11.0 Å². The van der Waals surface area contributed by atoms with Crippen LogP contribution in [0.5, 0.6) is 0 Å². The van der Waals surface area contributed by atoms with Crippen LogP contribution in [0.4, 0.5) is 0 Å². The number of nitrogens with zero attached hydrogens (tertiary/aromatic N) is 4. The molecule has 0 amide bonds. The Morgan fingerprint density at radius 3 is 2.78 bits per heavy atom. The highest BCUT2D eigenvalue weighted by atomic mass is 16.5. The summed E-state index contributed by atoms with van der Waals surface area (Å²) >= 11 is 0. The van der Waals surface area contributed by atoms with Crippen LogP contribution in [-0.2, 0) is 6.42 Å². The fourth-order valence-corrected chi connectivity index (χ4v) is 1.74. The van der Waals surface area contributed by atoms with E-state index in [0.717, 1.165) is 23.9 Å². The molecule has 0 aliphatic carbocycles. The van der Waals surface area contributed by atoms with Gasteiger partial charge in [0.15, 0.2) is 5.82 Å². The first kappa shape index (κ1) is 10.8. The topological polar surface area (TPSA) is 64.7 Å². The molecule has 0 spiro atoms. The van der Waals surface area contributed by atoms with Crippen molar-refractivity contribution in [3.05, 3.63) is 36.3 Å². The monoisotopic (exact) mass is 240 g/mol. The van der Waals surface area contributed by atoms with E-state index in [4.69, 9.17) is 4.52 Å². The molecule has 2 heterocycles. The molecule has 1 aromatic carbocycles. The van der Waals surface area contributed by atoms with Crippen LogP contribution in [0.2, 0.25) is 0 Å². The highest BCUT2D eigenvalue weighted by Gasteiger charge is 2.10. The first-order chi connectivity index (χ1) is 8.86. The highest BCUT2D eigenvalue weighted by molar-refractivity contribution is 5.75. The summed E-state index contributed by atoms with van der Waals surface area (Å²) in [7, 11) is 0. The summed E-state index contributed by atoms with van der Waals surface area (Å²) in [5, 5.41) is 3.91. The molecule has 3 aromatic rings. The van der Waals surface area contributed by atoms with Crippen molar-refractivity contribution in [1.29, 1.82) is 0 Å². The van der Waals surface area contributed by atoms with Crippen molar-refractivity contribution in [3.63, 3.8) is 0 Å². The van der Waals surface area contributed by atoms with E-state index >= 15 is 0 Å². The molecule has 2 aromatic heterocycles. The van der Waals surface area contributed by atoms with E-state index in [1.807, 2.05) is 24.3 Å². The van der Waals surface area contributed by atoms with Crippen LogP contribution in [-0.4, -0.2) is 20.1 Å². The van der Waals surface area contributed by atoms with E-state index in [1.54, 1.807) is 6.20 Å². The van der Waals surface area contributed by atoms with Crippen LogP contribution in [0.1, 0.15) is 19.2 Å². The van der Waals surface area contributed by atoms with Gasteiger partial charge in [-0.15, -0.1) is 0 Å². The number of hydrogen-bond acceptors (Lipinski definition) is 5. The Labute approximate surface area is 104 Å². The molecule has 0 fully saturated rings. The van der Waals surface area contributed by atoms with Gasteiger partial charge in [-0.25, -0.2) is 4.98 Å². The lowest BCUT2D eigenvalue weighted by Gasteiger charge is -1.97. The molecule has 0 bridgehead atoms. The number of para-hydroxylation sites is 2. The molecule has 5 heteroatoms. The van der Waals surface area contributed by atoms with Gasteiger partial charge in [0.05, 0.1) is 17.2 Å². The minimum atomic E-state index is 0.428. The van der Waals surface area contributed by atoms with Gasteiger partial charge in [0.2, 0.25) is 0 Å². The second-order valence-corrected chi connectivity index (χ2v) is 4.01. The Hall–Kier alpha value is -2.30. The zero-order chi connectivity index (χ0) is 12.4. The number of fused-ring (bicyclic) bond motifs is 1. The summed E-state index contributed by atoms with van der Waals surface area (Å²) in [5.41, 5.74) is 2.29. The number of rotatable bonds is 3. The van der Waals surface area contributed by atoms with E-state index < -0.39 is 0 Å². The second kappa shape index (κ2) is 4.52. The van der Waals surface area contributed by atoms with Crippen LogP contribution in [0, 0.1) is 0 Å². The summed E-state index contributed by atoms with van der Waals surface area (Å²) in [4.78, 5) is 13.1. The minimum absolute atomic E-state index is 0.428. The molecule has 0 atom stereocenters.